The average Bonchev–Trinajstić information content (AvgIpc) is 2.76. The van der Waals surface area contributed by atoms with E-state index in [9.17, 15) is 0 Å². The molecule has 1 unspecified atom stereocenters. The lowest BCUT2D eigenvalue weighted by molar-refractivity contribution is 0.101. The monoisotopic (exact) mass is 249 g/mol. The van der Waals surface area contributed by atoms with E-state index in [1.54, 1.807) is 0 Å². The second kappa shape index (κ2) is 4.45. The Hall–Kier alpha value is -0.830. The molecule has 0 aliphatic carbocycles. The number of hydrogen-bond acceptors (Lipinski definition) is 3. The third kappa shape index (κ3) is 2.39. The Morgan fingerprint density at radius 1 is 1.41 bits per heavy atom. The van der Waals surface area contributed by atoms with E-state index in [-0.39, 0.29) is 5.60 Å². The van der Waals surface area contributed by atoms with Gasteiger partial charge < -0.3 is 10.1 Å². The maximum absolute atomic E-state index is 6.21. The maximum Gasteiger partial charge on any atom is 0.122 e. The highest BCUT2D eigenvalue weighted by molar-refractivity contribution is 7.99. The number of hydrogen-bond donors (Lipinski definition) is 1. The number of rotatable bonds is 2. The summed E-state index contributed by atoms with van der Waals surface area (Å²) in [4.78, 5) is 0. The molecule has 1 N–H and O–H groups in total. The zero-order chi connectivity index (χ0) is 11.7. The summed E-state index contributed by atoms with van der Waals surface area (Å²) in [6, 6.07) is 6.48. The molecule has 2 aliphatic rings. The van der Waals surface area contributed by atoms with Crippen LogP contribution < -0.4 is 10.1 Å². The third-order valence-corrected chi connectivity index (χ3v) is 4.95. The summed E-state index contributed by atoms with van der Waals surface area (Å²) < 4.78 is 6.21. The SMILES string of the molecule is CC1(Oc2ccc3c(c2)NCC3)CCCSC1. The summed E-state index contributed by atoms with van der Waals surface area (Å²) in [6.45, 7) is 3.30. The van der Waals surface area contributed by atoms with E-state index in [4.69, 9.17) is 4.74 Å². The molecular formula is C14H19NOS. The lowest BCUT2D eigenvalue weighted by Crippen LogP contribution is -2.37. The molecule has 1 aromatic rings. The van der Waals surface area contributed by atoms with Gasteiger partial charge in [0, 0.05) is 24.1 Å². The van der Waals surface area contributed by atoms with E-state index in [0.29, 0.717) is 0 Å². The molecule has 17 heavy (non-hydrogen) atoms. The highest BCUT2D eigenvalue weighted by Crippen LogP contribution is 2.34. The molecule has 1 atom stereocenters. The lowest BCUT2D eigenvalue weighted by atomic mass is 10.0. The van der Waals surface area contributed by atoms with Crippen molar-refractivity contribution in [1.82, 2.24) is 0 Å². The number of thioether (sulfide) groups is 1. The highest BCUT2D eigenvalue weighted by atomic mass is 32.2. The molecule has 1 aromatic carbocycles. The largest absolute Gasteiger partial charge is 0.487 e. The van der Waals surface area contributed by atoms with Gasteiger partial charge in [0.25, 0.3) is 0 Å². The van der Waals surface area contributed by atoms with E-state index < -0.39 is 0 Å². The Kier molecular flexibility index (Phi) is 2.95. The normalized spacial score (nSPS) is 27.4. The van der Waals surface area contributed by atoms with Crippen LogP contribution in [0.15, 0.2) is 18.2 Å². The van der Waals surface area contributed by atoms with E-state index in [0.717, 1.165) is 24.5 Å². The minimum atomic E-state index is 0.0236. The van der Waals surface area contributed by atoms with Crippen molar-refractivity contribution in [3.05, 3.63) is 23.8 Å². The topological polar surface area (TPSA) is 21.3 Å². The quantitative estimate of drug-likeness (QED) is 0.869. The molecule has 0 saturated carbocycles. The first-order valence-corrected chi connectivity index (χ1v) is 7.54. The van der Waals surface area contributed by atoms with E-state index in [2.05, 4.69) is 30.4 Å². The molecule has 0 spiro atoms. The third-order valence-electron chi connectivity index (χ3n) is 3.56. The number of nitrogens with one attached hydrogen (secondary N) is 1. The van der Waals surface area contributed by atoms with Gasteiger partial charge in [0.05, 0.1) is 0 Å². The van der Waals surface area contributed by atoms with Gasteiger partial charge in [-0.3, -0.25) is 0 Å². The number of fused-ring (bicyclic) bond motifs is 1. The van der Waals surface area contributed by atoms with Crippen LogP contribution in [0.1, 0.15) is 25.3 Å². The van der Waals surface area contributed by atoms with E-state index >= 15 is 0 Å². The molecular weight excluding hydrogens is 230 g/mol. The van der Waals surface area contributed by atoms with Gasteiger partial charge in [-0.15, -0.1) is 0 Å². The van der Waals surface area contributed by atoms with Crippen molar-refractivity contribution in [3.8, 4) is 5.75 Å². The Morgan fingerprint density at radius 3 is 3.18 bits per heavy atom. The summed E-state index contributed by atoms with van der Waals surface area (Å²) >= 11 is 2.01. The summed E-state index contributed by atoms with van der Waals surface area (Å²) in [5.41, 5.74) is 2.70. The predicted molar refractivity (Wildman–Crippen MR) is 74.2 cm³/mol. The smallest absolute Gasteiger partial charge is 0.122 e. The molecule has 2 nitrogen and oxygen atoms in total. The van der Waals surface area contributed by atoms with Crippen LogP contribution in [-0.2, 0) is 6.42 Å². The van der Waals surface area contributed by atoms with Gasteiger partial charge in [-0.1, -0.05) is 6.07 Å². The molecule has 0 radical (unpaired) electrons. The Labute approximate surface area is 107 Å². The summed E-state index contributed by atoms with van der Waals surface area (Å²) in [5, 5.41) is 3.41. The van der Waals surface area contributed by atoms with Crippen molar-refractivity contribution in [3.63, 3.8) is 0 Å². The molecule has 0 aromatic heterocycles. The lowest BCUT2D eigenvalue weighted by Gasteiger charge is -2.34. The minimum Gasteiger partial charge on any atom is -0.487 e. The molecule has 1 fully saturated rings. The Morgan fingerprint density at radius 2 is 2.35 bits per heavy atom. The van der Waals surface area contributed by atoms with Crippen LogP contribution in [0.3, 0.4) is 0 Å². The molecule has 3 heteroatoms. The first-order valence-electron chi connectivity index (χ1n) is 6.39. The van der Waals surface area contributed by atoms with Crippen LogP contribution in [0, 0.1) is 0 Å². The van der Waals surface area contributed by atoms with E-state index in [1.165, 1.54) is 29.8 Å². The van der Waals surface area contributed by atoms with Crippen molar-refractivity contribution in [2.45, 2.75) is 31.8 Å². The number of benzene rings is 1. The van der Waals surface area contributed by atoms with Crippen molar-refractivity contribution >= 4 is 17.4 Å². The van der Waals surface area contributed by atoms with Gasteiger partial charge in [-0.2, -0.15) is 11.8 Å². The fourth-order valence-electron chi connectivity index (χ4n) is 2.61. The van der Waals surface area contributed by atoms with Crippen LogP contribution in [0.2, 0.25) is 0 Å². The van der Waals surface area contributed by atoms with Gasteiger partial charge in [0.1, 0.15) is 11.4 Å². The van der Waals surface area contributed by atoms with Crippen LogP contribution in [0.25, 0.3) is 0 Å². The average molecular weight is 249 g/mol. The van der Waals surface area contributed by atoms with Gasteiger partial charge in [0.2, 0.25) is 0 Å². The fourth-order valence-corrected chi connectivity index (χ4v) is 3.73. The molecule has 1 saturated heterocycles. The number of anilines is 1. The van der Waals surface area contributed by atoms with Crippen molar-refractivity contribution in [2.24, 2.45) is 0 Å². The summed E-state index contributed by atoms with van der Waals surface area (Å²) in [7, 11) is 0. The standard InChI is InChI=1S/C14H19NOS/c1-14(6-2-8-17-10-14)16-12-4-3-11-5-7-15-13(11)9-12/h3-4,9,15H,2,5-8,10H2,1H3. The summed E-state index contributed by atoms with van der Waals surface area (Å²) in [6.07, 6.45) is 3.58. The van der Waals surface area contributed by atoms with Gasteiger partial charge in [-0.25, -0.2) is 0 Å². The van der Waals surface area contributed by atoms with Crippen molar-refractivity contribution in [2.75, 3.05) is 23.4 Å². The van der Waals surface area contributed by atoms with Gasteiger partial charge >= 0.3 is 0 Å². The van der Waals surface area contributed by atoms with Crippen LogP contribution in [0.4, 0.5) is 5.69 Å². The number of ether oxygens (including phenoxy) is 1. The van der Waals surface area contributed by atoms with Crippen molar-refractivity contribution in [1.29, 1.82) is 0 Å². The maximum atomic E-state index is 6.21. The predicted octanol–water partition coefficient (Wildman–Crippen LogP) is 3.32. The molecule has 2 aliphatic heterocycles. The zero-order valence-corrected chi connectivity index (χ0v) is 11.1. The van der Waals surface area contributed by atoms with Gasteiger partial charge in [0.15, 0.2) is 0 Å². The van der Waals surface area contributed by atoms with Crippen LogP contribution in [-0.4, -0.2) is 23.7 Å². The van der Waals surface area contributed by atoms with Crippen LogP contribution in [0.5, 0.6) is 5.75 Å². The van der Waals surface area contributed by atoms with Crippen molar-refractivity contribution < 1.29 is 4.74 Å². The zero-order valence-electron chi connectivity index (χ0n) is 10.3. The molecule has 0 amide bonds. The first-order chi connectivity index (χ1) is 8.25. The molecule has 92 valence electrons. The van der Waals surface area contributed by atoms with Crippen LogP contribution >= 0.6 is 11.8 Å². The minimum absolute atomic E-state index is 0.0236. The first kappa shape index (κ1) is 11.3. The highest BCUT2D eigenvalue weighted by Gasteiger charge is 2.29. The second-order valence-corrected chi connectivity index (χ2v) is 6.31. The van der Waals surface area contributed by atoms with Gasteiger partial charge in [-0.05, 0) is 43.6 Å². The molecule has 2 heterocycles. The molecule has 0 bridgehead atoms. The Balaban J connectivity index is 1.76. The molecule has 3 rings (SSSR count). The van der Waals surface area contributed by atoms with E-state index in [1.807, 2.05) is 11.8 Å². The fraction of sp³-hybridized carbons (Fsp3) is 0.571. The summed E-state index contributed by atoms with van der Waals surface area (Å²) in [5.74, 6) is 3.41. The Bertz CT molecular complexity index is 413. The second-order valence-electron chi connectivity index (χ2n) is 5.20.